The lowest BCUT2D eigenvalue weighted by atomic mass is 9.99. The SMILES string of the molecule is COc1ncc(-c2ccc(CN(C)C)cc2)c2c(O)cccc12. The van der Waals surface area contributed by atoms with E-state index in [0.29, 0.717) is 5.88 Å². The van der Waals surface area contributed by atoms with E-state index in [0.717, 1.165) is 28.4 Å². The maximum absolute atomic E-state index is 10.3. The number of hydrogen-bond donors (Lipinski definition) is 1. The van der Waals surface area contributed by atoms with Gasteiger partial charge in [0.25, 0.3) is 0 Å². The molecule has 1 N–H and O–H groups in total. The molecule has 0 unspecified atom stereocenters. The van der Waals surface area contributed by atoms with Gasteiger partial charge in [-0.2, -0.15) is 0 Å². The molecule has 4 heteroatoms. The van der Waals surface area contributed by atoms with Crippen LogP contribution < -0.4 is 4.74 Å². The van der Waals surface area contributed by atoms with Crippen LogP contribution in [0.4, 0.5) is 0 Å². The zero-order valence-electron chi connectivity index (χ0n) is 13.6. The Hall–Kier alpha value is -2.59. The molecule has 0 saturated carbocycles. The molecule has 0 bridgehead atoms. The molecule has 1 aromatic heterocycles. The molecular weight excluding hydrogens is 288 g/mol. The Balaban J connectivity index is 2.13. The van der Waals surface area contributed by atoms with Crippen molar-refractivity contribution in [2.45, 2.75) is 6.54 Å². The fraction of sp³-hybridized carbons (Fsp3) is 0.211. The van der Waals surface area contributed by atoms with Crippen LogP contribution in [0.3, 0.4) is 0 Å². The second-order valence-electron chi connectivity index (χ2n) is 5.82. The molecule has 0 spiro atoms. The van der Waals surface area contributed by atoms with Gasteiger partial charge >= 0.3 is 0 Å². The van der Waals surface area contributed by atoms with E-state index < -0.39 is 0 Å². The van der Waals surface area contributed by atoms with Crippen LogP contribution in [0, 0.1) is 0 Å². The summed E-state index contributed by atoms with van der Waals surface area (Å²) in [5.41, 5.74) is 3.17. The van der Waals surface area contributed by atoms with Crippen molar-refractivity contribution in [3.05, 3.63) is 54.2 Å². The molecule has 23 heavy (non-hydrogen) atoms. The molecular formula is C19H20N2O2. The summed E-state index contributed by atoms with van der Waals surface area (Å²) in [7, 11) is 5.68. The molecule has 0 aliphatic carbocycles. The number of benzene rings is 2. The first-order chi connectivity index (χ1) is 11.1. The Morgan fingerprint density at radius 1 is 1.09 bits per heavy atom. The largest absolute Gasteiger partial charge is 0.507 e. The number of rotatable bonds is 4. The Kier molecular flexibility index (Phi) is 4.17. The van der Waals surface area contributed by atoms with Crippen LogP contribution >= 0.6 is 0 Å². The highest BCUT2D eigenvalue weighted by Crippen LogP contribution is 2.37. The molecule has 118 valence electrons. The van der Waals surface area contributed by atoms with Gasteiger partial charge in [-0.1, -0.05) is 30.3 Å². The Bertz CT molecular complexity index is 827. The molecule has 0 atom stereocenters. The van der Waals surface area contributed by atoms with E-state index in [1.807, 2.05) is 20.2 Å². The third-order valence-electron chi connectivity index (χ3n) is 3.81. The lowest BCUT2D eigenvalue weighted by molar-refractivity contribution is 0.402. The Morgan fingerprint density at radius 2 is 1.83 bits per heavy atom. The lowest BCUT2D eigenvalue weighted by Crippen LogP contribution is -2.10. The normalized spacial score (nSPS) is 11.1. The van der Waals surface area contributed by atoms with E-state index >= 15 is 0 Å². The van der Waals surface area contributed by atoms with Crippen LogP contribution in [0.5, 0.6) is 11.6 Å². The van der Waals surface area contributed by atoms with Gasteiger partial charge in [-0.25, -0.2) is 4.98 Å². The van der Waals surface area contributed by atoms with Gasteiger partial charge in [0, 0.05) is 29.1 Å². The van der Waals surface area contributed by atoms with Crippen LogP contribution in [0.25, 0.3) is 21.9 Å². The fourth-order valence-electron chi connectivity index (χ4n) is 2.80. The molecule has 3 aromatic rings. The smallest absolute Gasteiger partial charge is 0.221 e. The number of hydrogen-bond acceptors (Lipinski definition) is 4. The zero-order valence-corrected chi connectivity index (χ0v) is 13.6. The molecule has 0 radical (unpaired) electrons. The number of pyridine rings is 1. The lowest BCUT2D eigenvalue weighted by Gasteiger charge is -2.13. The van der Waals surface area contributed by atoms with E-state index in [-0.39, 0.29) is 5.75 Å². The van der Waals surface area contributed by atoms with Crippen molar-refractivity contribution in [3.8, 4) is 22.8 Å². The predicted molar refractivity (Wildman–Crippen MR) is 92.8 cm³/mol. The second-order valence-corrected chi connectivity index (χ2v) is 5.82. The molecule has 0 aliphatic rings. The number of ether oxygens (including phenoxy) is 1. The minimum atomic E-state index is 0.232. The summed E-state index contributed by atoms with van der Waals surface area (Å²) in [6.07, 6.45) is 1.75. The molecule has 0 amide bonds. The summed E-state index contributed by atoms with van der Waals surface area (Å²) in [6, 6.07) is 13.7. The van der Waals surface area contributed by atoms with Crippen molar-refractivity contribution >= 4 is 10.8 Å². The standard InChI is InChI=1S/C19H20N2O2/c1-21(2)12-13-7-9-14(10-8-13)16-11-20-19(23-3)15-5-4-6-17(22)18(15)16/h4-11,22H,12H2,1-3H3. The summed E-state index contributed by atoms with van der Waals surface area (Å²) in [5, 5.41) is 11.9. The number of phenols is 1. The highest BCUT2D eigenvalue weighted by Gasteiger charge is 2.13. The van der Waals surface area contributed by atoms with Crippen molar-refractivity contribution < 1.29 is 9.84 Å². The van der Waals surface area contributed by atoms with Crippen molar-refractivity contribution in [2.75, 3.05) is 21.2 Å². The van der Waals surface area contributed by atoms with E-state index in [9.17, 15) is 5.11 Å². The summed E-state index contributed by atoms with van der Waals surface area (Å²) < 4.78 is 5.31. The van der Waals surface area contributed by atoms with Gasteiger partial charge < -0.3 is 14.7 Å². The fourth-order valence-corrected chi connectivity index (χ4v) is 2.80. The number of aromatic nitrogens is 1. The summed E-state index contributed by atoms with van der Waals surface area (Å²) in [5.74, 6) is 0.749. The van der Waals surface area contributed by atoms with Crippen LogP contribution in [0.2, 0.25) is 0 Å². The zero-order chi connectivity index (χ0) is 16.4. The van der Waals surface area contributed by atoms with Gasteiger partial charge in [-0.05, 0) is 37.4 Å². The molecule has 3 rings (SSSR count). The van der Waals surface area contributed by atoms with Crippen molar-refractivity contribution in [1.82, 2.24) is 9.88 Å². The van der Waals surface area contributed by atoms with Gasteiger partial charge in [0.15, 0.2) is 0 Å². The number of nitrogens with zero attached hydrogens (tertiary/aromatic N) is 2. The predicted octanol–water partition coefficient (Wildman–Crippen LogP) is 3.68. The van der Waals surface area contributed by atoms with E-state index in [1.54, 1.807) is 25.4 Å². The van der Waals surface area contributed by atoms with Crippen LogP contribution in [-0.4, -0.2) is 36.2 Å². The van der Waals surface area contributed by atoms with E-state index in [2.05, 4.69) is 34.1 Å². The minimum absolute atomic E-state index is 0.232. The molecule has 4 nitrogen and oxygen atoms in total. The van der Waals surface area contributed by atoms with Gasteiger partial charge in [0.2, 0.25) is 5.88 Å². The van der Waals surface area contributed by atoms with Crippen molar-refractivity contribution in [2.24, 2.45) is 0 Å². The maximum Gasteiger partial charge on any atom is 0.221 e. The Morgan fingerprint density at radius 3 is 2.48 bits per heavy atom. The molecule has 0 aliphatic heterocycles. The van der Waals surface area contributed by atoms with E-state index in [4.69, 9.17) is 4.74 Å². The summed E-state index contributed by atoms with van der Waals surface area (Å²) in [6.45, 7) is 0.896. The first-order valence-electron chi connectivity index (χ1n) is 7.49. The average molecular weight is 308 g/mol. The highest BCUT2D eigenvalue weighted by atomic mass is 16.5. The van der Waals surface area contributed by atoms with Crippen molar-refractivity contribution in [3.63, 3.8) is 0 Å². The highest BCUT2D eigenvalue weighted by molar-refractivity contribution is 6.02. The number of fused-ring (bicyclic) bond motifs is 1. The van der Waals surface area contributed by atoms with Crippen LogP contribution in [0.15, 0.2) is 48.7 Å². The van der Waals surface area contributed by atoms with Gasteiger partial charge in [0.1, 0.15) is 5.75 Å². The van der Waals surface area contributed by atoms with Crippen molar-refractivity contribution in [1.29, 1.82) is 0 Å². The molecule has 1 heterocycles. The molecule has 0 saturated heterocycles. The minimum Gasteiger partial charge on any atom is -0.507 e. The Labute approximate surface area is 136 Å². The number of aromatic hydroxyl groups is 1. The molecule has 0 fully saturated rings. The average Bonchev–Trinajstić information content (AvgIpc) is 2.54. The third-order valence-corrected chi connectivity index (χ3v) is 3.81. The third kappa shape index (κ3) is 2.98. The molecule has 2 aromatic carbocycles. The van der Waals surface area contributed by atoms with Crippen LogP contribution in [-0.2, 0) is 6.54 Å². The van der Waals surface area contributed by atoms with Gasteiger partial charge in [-0.3, -0.25) is 0 Å². The maximum atomic E-state index is 10.3. The summed E-state index contributed by atoms with van der Waals surface area (Å²) in [4.78, 5) is 6.50. The van der Waals surface area contributed by atoms with Crippen LogP contribution in [0.1, 0.15) is 5.56 Å². The monoisotopic (exact) mass is 308 g/mol. The van der Waals surface area contributed by atoms with Gasteiger partial charge in [-0.15, -0.1) is 0 Å². The van der Waals surface area contributed by atoms with Gasteiger partial charge in [0.05, 0.1) is 7.11 Å². The summed E-state index contributed by atoms with van der Waals surface area (Å²) >= 11 is 0. The second kappa shape index (κ2) is 6.26. The first kappa shape index (κ1) is 15.3. The number of phenolic OH excluding ortho intramolecular Hbond substituents is 1. The van der Waals surface area contributed by atoms with E-state index in [1.165, 1.54) is 5.56 Å². The first-order valence-corrected chi connectivity index (χ1v) is 7.49. The quantitative estimate of drug-likeness (QED) is 0.798. The topological polar surface area (TPSA) is 45.6 Å². The number of methoxy groups -OCH3 is 1.